The maximum atomic E-state index is 6.16. The fourth-order valence-electron chi connectivity index (χ4n) is 2.19. The van der Waals surface area contributed by atoms with Gasteiger partial charge in [-0.05, 0) is 30.3 Å². The number of nitrogens with zero attached hydrogens (tertiary/aromatic N) is 3. The summed E-state index contributed by atoms with van der Waals surface area (Å²) in [6.45, 7) is 0. The molecule has 0 radical (unpaired) electrons. The van der Waals surface area contributed by atoms with Gasteiger partial charge in [0, 0.05) is 28.3 Å². The van der Waals surface area contributed by atoms with Crippen molar-refractivity contribution in [3.8, 4) is 22.5 Å². The minimum Gasteiger partial charge on any atom is -0.383 e. The number of rotatable bonds is 2. The number of aryl methyl sites for hydroxylation is 1. The number of benzene rings is 1. The number of hydrogen-bond acceptors (Lipinski definition) is 3. The van der Waals surface area contributed by atoms with Crippen LogP contribution >= 0.6 is 27.5 Å². The van der Waals surface area contributed by atoms with Crippen LogP contribution in [0.5, 0.6) is 0 Å². The van der Waals surface area contributed by atoms with Crippen LogP contribution in [-0.2, 0) is 7.05 Å². The van der Waals surface area contributed by atoms with Gasteiger partial charge in [0.1, 0.15) is 11.5 Å². The third kappa shape index (κ3) is 2.66. The van der Waals surface area contributed by atoms with Gasteiger partial charge in [0.15, 0.2) is 0 Å². The van der Waals surface area contributed by atoms with E-state index in [0.29, 0.717) is 10.8 Å². The summed E-state index contributed by atoms with van der Waals surface area (Å²) in [5, 5.41) is 5.15. The van der Waals surface area contributed by atoms with Crippen LogP contribution < -0.4 is 5.73 Å². The zero-order valence-electron chi connectivity index (χ0n) is 11.2. The molecule has 0 fully saturated rings. The van der Waals surface area contributed by atoms with Crippen LogP contribution in [0.2, 0.25) is 5.02 Å². The van der Waals surface area contributed by atoms with Gasteiger partial charge in [0.2, 0.25) is 0 Å². The molecule has 0 atom stereocenters. The molecule has 0 amide bonds. The average Bonchev–Trinajstić information content (AvgIpc) is 2.75. The molecule has 0 aliphatic heterocycles. The van der Waals surface area contributed by atoms with E-state index in [-0.39, 0.29) is 0 Å². The number of hydrogen-bond donors (Lipinski definition) is 1. The highest BCUT2D eigenvalue weighted by atomic mass is 79.9. The summed E-state index contributed by atoms with van der Waals surface area (Å²) in [5.74, 6) is 0.569. The largest absolute Gasteiger partial charge is 0.383 e. The van der Waals surface area contributed by atoms with Crippen molar-refractivity contribution in [3.63, 3.8) is 0 Å². The van der Waals surface area contributed by atoms with Crippen molar-refractivity contribution in [1.82, 2.24) is 14.8 Å². The van der Waals surface area contributed by atoms with Gasteiger partial charge in [-0.25, -0.2) is 0 Å². The number of aromatic nitrogens is 3. The maximum absolute atomic E-state index is 6.16. The summed E-state index contributed by atoms with van der Waals surface area (Å²) in [6.07, 6.45) is 1.74. The van der Waals surface area contributed by atoms with Crippen LogP contribution in [0.1, 0.15) is 0 Å². The minimum atomic E-state index is 0.569. The van der Waals surface area contributed by atoms with Crippen molar-refractivity contribution in [3.05, 3.63) is 52.1 Å². The molecule has 0 aliphatic carbocycles. The van der Waals surface area contributed by atoms with Gasteiger partial charge in [-0.15, -0.1) is 0 Å². The van der Waals surface area contributed by atoms with Gasteiger partial charge in [-0.3, -0.25) is 9.67 Å². The predicted molar refractivity (Wildman–Crippen MR) is 89.0 cm³/mol. The third-order valence-electron chi connectivity index (χ3n) is 3.15. The van der Waals surface area contributed by atoms with Gasteiger partial charge in [0.25, 0.3) is 0 Å². The van der Waals surface area contributed by atoms with Crippen LogP contribution in [0, 0.1) is 0 Å². The molecular formula is C15H12BrClN4. The van der Waals surface area contributed by atoms with Gasteiger partial charge < -0.3 is 5.73 Å². The van der Waals surface area contributed by atoms with Crippen molar-refractivity contribution in [2.45, 2.75) is 0 Å². The second kappa shape index (κ2) is 5.50. The molecular weight excluding hydrogens is 352 g/mol. The smallest absolute Gasteiger partial charge is 0.131 e. The molecule has 1 aromatic carbocycles. The molecule has 106 valence electrons. The molecule has 6 heteroatoms. The van der Waals surface area contributed by atoms with Crippen LogP contribution in [0.4, 0.5) is 5.82 Å². The van der Waals surface area contributed by atoms with Gasteiger partial charge >= 0.3 is 0 Å². The van der Waals surface area contributed by atoms with E-state index in [4.69, 9.17) is 17.3 Å². The van der Waals surface area contributed by atoms with Crippen molar-refractivity contribution < 1.29 is 0 Å². The predicted octanol–water partition coefficient (Wildman–Crippen LogP) is 4.15. The van der Waals surface area contributed by atoms with Crippen LogP contribution in [0.25, 0.3) is 22.5 Å². The first-order valence-electron chi connectivity index (χ1n) is 6.26. The van der Waals surface area contributed by atoms with Crippen LogP contribution in [-0.4, -0.2) is 14.8 Å². The Morgan fingerprint density at radius 3 is 2.71 bits per heavy atom. The van der Waals surface area contributed by atoms with Crippen molar-refractivity contribution >= 4 is 33.3 Å². The summed E-state index contributed by atoms with van der Waals surface area (Å²) < 4.78 is 2.54. The Morgan fingerprint density at radius 2 is 2.05 bits per heavy atom. The van der Waals surface area contributed by atoms with E-state index < -0.39 is 0 Å². The van der Waals surface area contributed by atoms with Crippen molar-refractivity contribution in [1.29, 1.82) is 0 Å². The number of anilines is 1. The third-order valence-corrected chi connectivity index (χ3v) is 3.82. The lowest BCUT2D eigenvalue weighted by Crippen LogP contribution is -1.98. The standard InChI is InChI=1S/C15H12BrClN4/c1-21-15(18)13(12-4-2-3-5-19-12)14(20-21)9-6-10(16)8-11(17)7-9/h2-8H,18H2,1H3. The molecule has 21 heavy (non-hydrogen) atoms. The molecule has 3 rings (SSSR count). The van der Waals surface area contributed by atoms with Gasteiger partial charge in [0.05, 0.1) is 11.3 Å². The fourth-order valence-corrected chi connectivity index (χ4v) is 3.05. The zero-order chi connectivity index (χ0) is 15.0. The van der Waals surface area contributed by atoms with E-state index in [9.17, 15) is 0 Å². The van der Waals surface area contributed by atoms with E-state index in [2.05, 4.69) is 26.0 Å². The van der Waals surface area contributed by atoms with Crippen LogP contribution in [0.3, 0.4) is 0 Å². The molecule has 0 unspecified atom stereocenters. The van der Waals surface area contributed by atoms with E-state index in [1.807, 2.05) is 43.4 Å². The summed E-state index contributed by atoms with van der Waals surface area (Å²) in [4.78, 5) is 4.38. The van der Waals surface area contributed by atoms with E-state index in [1.54, 1.807) is 10.9 Å². The lowest BCUT2D eigenvalue weighted by Gasteiger charge is -2.04. The topological polar surface area (TPSA) is 56.7 Å². The Labute approximate surface area is 135 Å². The van der Waals surface area contributed by atoms with Crippen molar-refractivity contribution in [2.75, 3.05) is 5.73 Å². The molecule has 4 nitrogen and oxygen atoms in total. The summed E-state index contributed by atoms with van der Waals surface area (Å²) in [7, 11) is 1.81. The second-order valence-electron chi connectivity index (χ2n) is 4.61. The first-order valence-corrected chi connectivity index (χ1v) is 7.43. The number of nitrogens with two attached hydrogens (primary N) is 1. The Hall–Kier alpha value is -1.85. The number of halogens is 2. The number of pyridine rings is 1. The highest BCUT2D eigenvalue weighted by Crippen LogP contribution is 2.36. The molecule has 0 spiro atoms. The summed E-state index contributed by atoms with van der Waals surface area (Å²) in [5.41, 5.74) is 9.42. The molecule has 0 saturated carbocycles. The highest BCUT2D eigenvalue weighted by Gasteiger charge is 2.18. The Morgan fingerprint density at radius 1 is 1.24 bits per heavy atom. The number of nitrogen functional groups attached to an aromatic ring is 1. The molecule has 0 saturated heterocycles. The minimum absolute atomic E-state index is 0.569. The Balaban J connectivity index is 2.26. The molecule has 2 aromatic heterocycles. The fraction of sp³-hybridized carbons (Fsp3) is 0.0667. The zero-order valence-corrected chi connectivity index (χ0v) is 13.6. The van der Waals surface area contributed by atoms with E-state index in [0.717, 1.165) is 27.0 Å². The molecule has 0 aliphatic rings. The van der Waals surface area contributed by atoms with Gasteiger partial charge in [-0.2, -0.15) is 5.10 Å². The van der Waals surface area contributed by atoms with Crippen LogP contribution in [0.15, 0.2) is 47.1 Å². The first-order chi connectivity index (χ1) is 10.1. The average molecular weight is 364 g/mol. The Kier molecular flexibility index (Phi) is 3.69. The lowest BCUT2D eigenvalue weighted by molar-refractivity contribution is 0.782. The molecule has 2 heterocycles. The van der Waals surface area contributed by atoms with E-state index >= 15 is 0 Å². The quantitative estimate of drug-likeness (QED) is 0.744. The lowest BCUT2D eigenvalue weighted by atomic mass is 10.0. The molecule has 3 aromatic rings. The molecule has 2 N–H and O–H groups in total. The monoisotopic (exact) mass is 362 g/mol. The summed E-state index contributed by atoms with van der Waals surface area (Å²) >= 11 is 9.58. The molecule has 0 bridgehead atoms. The highest BCUT2D eigenvalue weighted by molar-refractivity contribution is 9.10. The second-order valence-corrected chi connectivity index (χ2v) is 5.96. The van der Waals surface area contributed by atoms with E-state index in [1.165, 1.54) is 0 Å². The maximum Gasteiger partial charge on any atom is 0.131 e. The SMILES string of the molecule is Cn1nc(-c2cc(Cl)cc(Br)c2)c(-c2ccccn2)c1N. The Bertz CT molecular complexity index is 779. The normalized spacial score (nSPS) is 10.8. The van der Waals surface area contributed by atoms with Gasteiger partial charge in [-0.1, -0.05) is 33.6 Å². The summed E-state index contributed by atoms with van der Waals surface area (Å²) in [6, 6.07) is 11.4. The first kappa shape index (κ1) is 14.1. The van der Waals surface area contributed by atoms with Crippen molar-refractivity contribution in [2.24, 2.45) is 7.05 Å².